The molecular weight excluding hydrogens is 420 g/mol. The van der Waals surface area contributed by atoms with Crippen LogP contribution in [-0.2, 0) is 0 Å². The maximum absolute atomic E-state index is 9.82. The van der Waals surface area contributed by atoms with Crippen molar-refractivity contribution in [1.29, 1.82) is 0 Å². The van der Waals surface area contributed by atoms with Crippen LogP contribution in [0.25, 0.3) is 11.1 Å². The molecule has 3 aromatic rings. The molecule has 7 nitrogen and oxygen atoms in total. The summed E-state index contributed by atoms with van der Waals surface area (Å²) >= 11 is 0. The van der Waals surface area contributed by atoms with Crippen molar-refractivity contribution in [3.05, 3.63) is 72.3 Å². The number of benzene rings is 2. The zero-order valence-corrected chi connectivity index (χ0v) is 18.6. The van der Waals surface area contributed by atoms with Crippen LogP contribution in [0, 0.1) is 11.8 Å². The summed E-state index contributed by atoms with van der Waals surface area (Å²) in [5.41, 5.74) is 2.86. The molecular formula is C26H30N2O5. The minimum Gasteiger partial charge on any atom is -0.491 e. The molecule has 7 heteroatoms. The van der Waals surface area contributed by atoms with E-state index in [1.54, 1.807) is 23.9 Å². The van der Waals surface area contributed by atoms with Gasteiger partial charge in [-0.25, -0.2) is 4.98 Å². The summed E-state index contributed by atoms with van der Waals surface area (Å²) in [5, 5.41) is 38.2. The van der Waals surface area contributed by atoms with Gasteiger partial charge in [0.1, 0.15) is 30.3 Å². The van der Waals surface area contributed by atoms with Crippen LogP contribution < -0.4 is 4.74 Å². The van der Waals surface area contributed by atoms with Gasteiger partial charge in [-0.2, -0.15) is 0 Å². The minimum atomic E-state index is -0.747. The lowest BCUT2D eigenvalue weighted by Crippen LogP contribution is -2.17. The Balaban J connectivity index is 1.63. The molecule has 2 aromatic carbocycles. The highest BCUT2D eigenvalue weighted by Crippen LogP contribution is 2.23. The van der Waals surface area contributed by atoms with Crippen LogP contribution in [0.5, 0.6) is 5.75 Å². The normalized spacial score (nSPS) is 13.6. The van der Waals surface area contributed by atoms with E-state index in [1.165, 1.54) is 0 Å². The van der Waals surface area contributed by atoms with Crippen LogP contribution in [0.3, 0.4) is 0 Å². The van der Waals surface area contributed by atoms with Crippen LogP contribution in [0.15, 0.2) is 60.9 Å². The van der Waals surface area contributed by atoms with E-state index < -0.39 is 18.2 Å². The summed E-state index contributed by atoms with van der Waals surface area (Å²) in [6.07, 6.45) is 3.00. The molecule has 0 bridgehead atoms. The van der Waals surface area contributed by atoms with E-state index in [9.17, 15) is 15.3 Å². The van der Waals surface area contributed by atoms with E-state index in [2.05, 4.69) is 16.8 Å². The Morgan fingerprint density at radius 2 is 1.67 bits per heavy atom. The van der Waals surface area contributed by atoms with Gasteiger partial charge in [-0.3, -0.25) is 0 Å². The lowest BCUT2D eigenvalue weighted by molar-refractivity contribution is 0.0925. The molecule has 0 aliphatic carbocycles. The topological polar surface area (TPSA) is 108 Å². The lowest BCUT2D eigenvalue weighted by Gasteiger charge is -2.14. The highest BCUT2D eigenvalue weighted by atomic mass is 16.5. The molecule has 0 aliphatic rings. The van der Waals surface area contributed by atoms with Gasteiger partial charge in [0.2, 0.25) is 0 Å². The Morgan fingerprint density at radius 1 is 1.00 bits per heavy atom. The van der Waals surface area contributed by atoms with Crippen LogP contribution >= 0.6 is 0 Å². The van der Waals surface area contributed by atoms with Crippen molar-refractivity contribution in [2.45, 2.75) is 38.0 Å². The molecule has 0 saturated heterocycles. The third kappa shape index (κ3) is 6.91. The molecule has 3 rings (SSSR count). The smallest absolute Gasteiger partial charge is 0.138 e. The van der Waals surface area contributed by atoms with Gasteiger partial charge in [-0.15, -0.1) is 0 Å². The van der Waals surface area contributed by atoms with Crippen molar-refractivity contribution in [2.75, 3.05) is 19.8 Å². The first-order valence-corrected chi connectivity index (χ1v) is 11.0. The first kappa shape index (κ1) is 24.5. The predicted molar refractivity (Wildman–Crippen MR) is 126 cm³/mol. The second-order valence-electron chi connectivity index (χ2n) is 7.77. The average Bonchev–Trinajstić information content (AvgIpc) is 3.33. The van der Waals surface area contributed by atoms with E-state index in [-0.39, 0.29) is 19.8 Å². The molecule has 0 radical (unpaired) electrons. The van der Waals surface area contributed by atoms with E-state index in [0.29, 0.717) is 24.4 Å². The highest BCUT2D eigenvalue weighted by Gasteiger charge is 2.14. The van der Waals surface area contributed by atoms with Crippen molar-refractivity contribution < 1.29 is 25.2 Å². The molecule has 0 spiro atoms. The second-order valence-corrected chi connectivity index (χ2v) is 7.77. The molecule has 0 fully saturated rings. The van der Waals surface area contributed by atoms with Crippen LogP contribution in [0.4, 0.5) is 0 Å². The summed E-state index contributed by atoms with van der Waals surface area (Å²) in [7, 11) is 0. The molecule has 0 amide bonds. The Kier molecular flexibility index (Phi) is 9.04. The number of nitrogens with zero attached hydrogens (tertiary/aromatic N) is 2. The monoisotopic (exact) mass is 450 g/mol. The third-order valence-corrected chi connectivity index (χ3v) is 5.17. The highest BCUT2D eigenvalue weighted by molar-refractivity contribution is 5.65. The van der Waals surface area contributed by atoms with E-state index in [1.807, 2.05) is 48.5 Å². The fraction of sp³-hybridized carbons (Fsp3) is 0.346. The zero-order valence-electron chi connectivity index (χ0n) is 18.6. The maximum atomic E-state index is 9.82. The van der Waals surface area contributed by atoms with Gasteiger partial charge in [0.25, 0.3) is 0 Å². The van der Waals surface area contributed by atoms with Crippen molar-refractivity contribution in [2.24, 2.45) is 0 Å². The van der Waals surface area contributed by atoms with Gasteiger partial charge in [0.05, 0.1) is 12.7 Å². The number of hydrogen-bond acceptors (Lipinski definition) is 6. The number of imidazole rings is 1. The van der Waals surface area contributed by atoms with Gasteiger partial charge in [0.15, 0.2) is 0 Å². The second kappa shape index (κ2) is 12.2. The molecule has 1 aromatic heterocycles. The van der Waals surface area contributed by atoms with Gasteiger partial charge in [-0.1, -0.05) is 36.1 Å². The molecule has 0 saturated carbocycles. The quantitative estimate of drug-likeness (QED) is 0.354. The fourth-order valence-electron chi connectivity index (χ4n) is 3.37. The van der Waals surface area contributed by atoms with E-state index in [4.69, 9.17) is 9.84 Å². The van der Waals surface area contributed by atoms with E-state index >= 15 is 0 Å². The fourth-order valence-corrected chi connectivity index (χ4v) is 3.37. The van der Waals surface area contributed by atoms with Crippen molar-refractivity contribution in [1.82, 2.24) is 9.55 Å². The average molecular weight is 451 g/mol. The summed E-state index contributed by atoms with van der Waals surface area (Å²) in [4.78, 5) is 4.13. The predicted octanol–water partition coefficient (Wildman–Crippen LogP) is 2.70. The van der Waals surface area contributed by atoms with Crippen LogP contribution in [-0.4, -0.2) is 55.9 Å². The molecule has 174 valence electrons. The van der Waals surface area contributed by atoms with Crippen molar-refractivity contribution in [3.8, 4) is 28.7 Å². The number of ether oxygens (including phenoxy) is 1. The zero-order chi connectivity index (χ0) is 23.6. The van der Waals surface area contributed by atoms with Crippen LogP contribution in [0.2, 0.25) is 0 Å². The first-order valence-electron chi connectivity index (χ1n) is 11.0. The lowest BCUT2D eigenvalue weighted by atomic mass is 10.0. The van der Waals surface area contributed by atoms with Gasteiger partial charge < -0.3 is 29.7 Å². The van der Waals surface area contributed by atoms with Gasteiger partial charge in [0, 0.05) is 24.6 Å². The third-order valence-electron chi connectivity index (χ3n) is 5.17. The standard InChI is InChI=1S/C26H30N2O5/c1-19(31)26-27-14-15-28(26)23(17-30)11-6-20-4-7-21(8-5-20)22-9-12-25(13-10-22)33-18-24(32)3-2-16-29/h4-5,7-10,12-15,19,23-24,29-32H,2-3,16-18H2,1H3/t19-,23-,24?/m0/s1. The summed E-state index contributed by atoms with van der Waals surface area (Å²) < 4.78 is 7.28. The summed E-state index contributed by atoms with van der Waals surface area (Å²) in [5.74, 6) is 7.27. The summed E-state index contributed by atoms with van der Waals surface area (Å²) in [6, 6.07) is 14.9. The Labute approximate surface area is 193 Å². The maximum Gasteiger partial charge on any atom is 0.138 e. The van der Waals surface area contributed by atoms with Crippen LogP contribution in [0.1, 0.15) is 43.3 Å². The van der Waals surface area contributed by atoms with Gasteiger partial charge in [-0.05, 0) is 55.2 Å². The summed E-state index contributed by atoms with van der Waals surface area (Å²) in [6.45, 7) is 1.70. The molecule has 1 heterocycles. The number of aliphatic hydroxyl groups excluding tert-OH is 4. The molecule has 0 aliphatic heterocycles. The Hall–Kier alpha value is -3.15. The van der Waals surface area contributed by atoms with Gasteiger partial charge >= 0.3 is 0 Å². The number of hydrogen-bond donors (Lipinski definition) is 4. The van der Waals surface area contributed by atoms with Crippen molar-refractivity contribution in [3.63, 3.8) is 0 Å². The molecule has 3 atom stereocenters. The Morgan fingerprint density at radius 3 is 2.27 bits per heavy atom. The first-order chi connectivity index (χ1) is 16.0. The molecule has 4 N–H and O–H groups in total. The number of aromatic nitrogens is 2. The molecule has 1 unspecified atom stereocenters. The largest absolute Gasteiger partial charge is 0.491 e. The number of aliphatic hydroxyl groups is 4. The Bertz CT molecular complexity index is 1050. The van der Waals surface area contributed by atoms with Crippen molar-refractivity contribution >= 4 is 0 Å². The molecule has 33 heavy (non-hydrogen) atoms. The number of rotatable bonds is 10. The minimum absolute atomic E-state index is 0.0622. The SMILES string of the molecule is C[C@H](O)c1nccn1[C@@H](C#Cc1ccc(-c2ccc(OCC(O)CCCO)cc2)cc1)CO. The van der Waals surface area contributed by atoms with E-state index in [0.717, 1.165) is 16.7 Å².